The molecule has 0 aliphatic rings. The van der Waals surface area contributed by atoms with Gasteiger partial charge in [-0.05, 0) is 44.6 Å². The Kier molecular flexibility index (Phi) is 17.6. The van der Waals surface area contributed by atoms with Gasteiger partial charge in [0.15, 0.2) is 0 Å². The molecule has 176 valence electrons. The smallest absolute Gasteiger partial charge is 0.379 e. The number of hydrogen-bond acceptors (Lipinski definition) is 2. The molecular formula is C22H41F5OS. The van der Waals surface area contributed by atoms with E-state index in [0.717, 1.165) is 38.7 Å². The van der Waals surface area contributed by atoms with Crippen LogP contribution < -0.4 is 0 Å². The van der Waals surface area contributed by atoms with E-state index in [1.54, 1.807) is 0 Å². The van der Waals surface area contributed by atoms with Gasteiger partial charge < -0.3 is 4.74 Å². The Bertz CT molecular complexity index is 362. The molecule has 0 saturated carbocycles. The Morgan fingerprint density at radius 1 is 0.621 bits per heavy atom. The highest BCUT2D eigenvalue weighted by molar-refractivity contribution is 7.99. The fourth-order valence-corrected chi connectivity index (χ4v) is 3.98. The van der Waals surface area contributed by atoms with Crippen molar-refractivity contribution in [2.45, 2.75) is 122 Å². The normalized spacial score (nSPS) is 12.8. The summed E-state index contributed by atoms with van der Waals surface area (Å²) in [6.07, 6.45) is 6.75. The van der Waals surface area contributed by atoms with Gasteiger partial charge in [-0.15, -0.1) is 0 Å². The zero-order chi connectivity index (χ0) is 22.0. The summed E-state index contributed by atoms with van der Waals surface area (Å²) in [5, 5.41) is 0. The highest BCUT2D eigenvalue weighted by atomic mass is 32.2. The maximum absolute atomic E-state index is 12.7. The average Bonchev–Trinajstić information content (AvgIpc) is 2.62. The summed E-state index contributed by atoms with van der Waals surface area (Å²) in [4.78, 5) is 0. The predicted molar refractivity (Wildman–Crippen MR) is 114 cm³/mol. The van der Waals surface area contributed by atoms with Crippen molar-refractivity contribution in [3.8, 4) is 0 Å². The molecule has 0 aromatic heterocycles. The lowest BCUT2D eigenvalue weighted by Crippen LogP contribution is -2.36. The summed E-state index contributed by atoms with van der Waals surface area (Å²) in [5.74, 6) is -2.12. The van der Waals surface area contributed by atoms with Crippen LogP contribution in [0.4, 0.5) is 22.0 Å². The Balaban J connectivity index is 3.19. The van der Waals surface area contributed by atoms with Gasteiger partial charge >= 0.3 is 12.1 Å². The van der Waals surface area contributed by atoms with Crippen LogP contribution in [0, 0.1) is 0 Å². The first-order chi connectivity index (χ1) is 13.7. The summed E-state index contributed by atoms with van der Waals surface area (Å²) < 4.78 is 67.0. The van der Waals surface area contributed by atoms with Gasteiger partial charge in [-0.3, -0.25) is 0 Å². The van der Waals surface area contributed by atoms with Gasteiger partial charge in [0.1, 0.15) is 0 Å². The van der Waals surface area contributed by atoms with Gasteiger partial charge in [-0.25, -0.2) is 0 Å². The standard InChI is InChI=1S/C22H41F5OS/c1-20(2)28-17-15-19-29-18-14-12-10-8-6-4-3-5-7-9-11-13-16-21(23,24)22(25,26)27/h20H,3-19H2,1-2H3. The number of halogens is 5. The predicted octanol–water partition coefficient (Wildman–Crippen LogP) is 8.80. The highest BCUT2D eigenvalue weighted by Crippen LogP contribution is 2.39. The second-order valence-corrected chi connectivity index (χ2v) is 9.31. The van der Waals surface area contributed by atoms with Crippen LogP contribution >= 0.6 is 11.8 Å². The molecule has 0 spiro atoms. The van der Waals surface area contributed by atoms with Crippen molar-refractivity contribution in [1.82, 2.24) is 0 Å². The molecule has 0 saturated heterocycles. The largest absolute Gasteiger partial charge is 0.453 e. The second-order valence-electron chi connectivity index (χ2n) is 8.08. The topological polar surface area (TPSA) is 9.23 Å². The van der Waals surface area contributed by atoms with E-state index >= 15 is 0 Å². The number of unbranched alkanes of at least 4 members (excludes halogenated alkanes) is 11. The Labute approximate surface area is 178 Å². The van der Waals surface area contributed by atoms with Crippen molar-refractivity contribution in [3.05, 3.63) is 0 Å². The van der Waals surface area contributed by atoms with E-state index in [-0.39, 0.29) is 6.42 Å². The van der Waals surface area contributed by atoms with Crippen LogP contribution in [0.5, 0.6) is 0 Å². The molecular weight excluding hydrogens is 407 g/mol. The summed E-state index contributed by atoms with van der Waals surface area (Å²) in [6.45, 7) is 4.98. The summed E-state index contributed by atoms with van der Waals surface area (Å²) in [5.41, 5.74) is 0. The molecule has 29 heavy (non-hydrogen) atoms. The van der Waals surface area contributed by atoms with Crippen LogP contribution in [0.2, 0.25) is 0 Å². The quantitative estimate of drug-likeness (QED) is 0.136. The molecule has 7 heteroatoms. The summed E-state index contributed by atoms with van der Waals surface area (Å²) in [7, 11) is 0. The number of alkyl halides is 5. The highest BCUT2D eigenvalue weighted by Gasteiger charge is 2.56. The van der Waals surface area contributed by atoms with E-state index in [9.17, 15) is 22.0 Å². The van der Waals surface area contributed by atoms with Crippen molar-refractivity contribution in [2.75, 3.05) is 18.1 Å². The first-order valence-corrected chi connectivity index (χ1v) is 12.5. The fourth-order valence-electron chi connectivity index (χ4n) is 3.04. The van der Waals surface area contributed by atoms with Crippen molar-refractivity contribution in [1.29, 1.82) is 0 Å². The molecule has 0 radical (unpaired) electrons. The van der Waals surface area contributed by atoms with E-state index in [4.69, 9.17) is 4.74 Å². The van der Waals surface area contributed by atoms with Gasteiger partial charge in [-0.1, -0.05) is 64.2 Å². The van der Waals surface area contributed by atoms with Crippen LogP contribution in [0.15, 0.2) is 0 Å². The number of thioether (sulfide) groups is 1. The van der Waals surface area contributed by atoms with E-state index < -0.39 is 18.5 Å². The molecule has 0 aliphatic heterocycles. The zero-order valence-corrected chi connectivity index (χ0v) is 19.1. The number of hydrogen-bond donors (Lipinski definition) is 0. The maximum Gasteiger partial charge on any atom is 0.453 e. The lowest BCUT2D eigenvalue weighted by molar-refractivity contribution is -0.284. The minimum Gasteiger partial charge on any atom is -0.379 e. The molecule has 0 aromatic rings. The molecule has 1 nitrogen and oxygen atoms in total. The first kappa shape index (κ1) is 29.0. The number of ether oxygens (including phenoxy) is 1. The van der Waals surface area contributed by atoms with Crippen molar-refractivity contribution in [3.63, 3.8) is 0 Å². The van der Waals surface area contributed by atoms with E-state index in [2.05, 4.69) is 13.8 Å². The van der Waals surface area contributed by atoms with Crippen LogP contribution in [0.1, 0.15) is 104 Å². The van der Waals surface area contributed by atoms with E-state index in [1.807, 2.05) is 11.8 Å². The third-order valence-electron chi connectivity index (χ3n) is 4.83. The van der Waals surface area contributed by atoms with E-state index in [1.165, 1.54) is 50.0 Å². The molecule has 0 N–H and O–H groups in total. The van der Waals surface area contributed by atoms with Crippen molar-refractivity contribution >= 4 is 11.8 Å². The molecule has 0 amide bonds. The first-order valence-electron chi connectivity index (χ1n) is 11.3. The van der Waals surface area contributed by atoms with Gasteiger partial charge in [0.2, 0.25) is 0 Å². The molecule has 0 aromatic carbocycles. The maximum atomic E-state index is 12.7. The van der Waals surface area contributed by atoms with Gasteiger partial charge in [-0.2, -0.15) is 33.7 Å². The van der Waals surface area contributed by atoms with E-state index in [0.29, 0.717) is 12.5 Å². The van der Waals surface area contributed by atoms with Gasteiger partial charge in [0.25, 0.3) is 0 Å². The average molecular weight is 449 g/mol. The zero-order valence-electron chi connectivity index (χ0n) is 18.3. The van der Waals surface area contributed by atoms with Crippen LogP contribution in [-0.4, -0.2) is 36.3 Å². The summed E-state index contributed by atoms with van der Waals surface area (Å²) >= 11 is 2.01. The van der Waals surface area contributed by atoms with Crippen LogP contribution in [-0.2, 0) is 4.74 Å². The molecule has 0 rings (SSSR count). The monoisotopic (exact) mass is 448 g/mol. The minimum absolute atomic E-state index is 0.0590. The Morgan fingerprint density at radius 3 is 1.48 bits per heavy atom. The van der Waals surface area contributed by atoms with Gasteiger partial charge in [0.05, 0.1) is 6.10 Å². The molecule has 0 heterocycles. The fraction of sp³-hybridized carbons (Fsp3) is 1.00. The minimum atomic E-state index is -5.41. The molecule has 0 fully saturated rings. The van der Waals surface area contributed by atoms with Gasteiger partial charge in [0, 0.05) is 13.0 Å². The van der Waals surface area contributed by atoms with Crippen molar-refractivity contribution in [2.24, 2.45) is 0 Å². The SMILES string of the molecule is CC(C)OCCCSCCCCCCCCCCCCCCC(F)(F)C(F)(F)F. The lowest BCUT2D eigenvalue weighted by Gasteiger charge is -2.19. The van der Waals surface area contributed by atoms with Crippen molar-refractivity contribution < 1.29 is 26.7 Å². The molecule has 0 atom stereocenters. The third-order valence-corrected chi connectivity index (χ3v) is 5.98. The second kappa shape index (κ2) is 17.6. The summed E-state index contributed by atoms with van der Waals surface area (Å²) in [6, 6.07) is 0. The molecule has 0 bridgehead atoms. The van der Waals surface area contributed by atoms with Crippen LogP contribution in [0.3, 0.4) is 0 Å². The third kappa shape index (κ3) is 18.4. The van der Waals surface area contributed by atoms with Crippen LogP contribution in [0.25, 0.3) is 0 Å². The Morgan fingerprint density at radius 2 is 1.03 bits per heavy atom. The lowest BCUT2D eigenvalue weighted by atomic mass is 10.0. The number of rotatable bonds is 20. The Hall–Kier alpha value is -0.0400. The molecule has 0 aliphatic carbocycles. The molecule has 0 unspecified atom stereocenters.